The van der Waals surface area contributed by atoms with E-state index in [-0.39, 0.29) is 58.9 Å². The van der Waals surface area contributed by atoms with Gasteiger partial charge in [0.15, 0.2) is 17.5 Å². The molecular formula is C45H25N3OS2. The highest BCUT2D eigenvalue weighted by molar-refractivity contribution is 7.27. The van der Waals surface area contributed by atoms with Crippen LogP contribution in [0.15, 0.2) is 156 Å². The van der Waals surface area contributed by atoms with Gasteiger partial charge in [-0.15, -0.1) is 22.7 Å². The molecule has 7 aromatic carbocycles. The van der Waals surface area contributed by atoms with Crippen LogP contribution in [0, 0.1) is 0 Å². The summed E-state index contributed by atoms with van der Waals surface area (Å²) in [6.45, 7) is 0. The number of furan rings is 1. The van der Waals surface area contributed by atoms with Gasteiger partial charge in [0.25, 0.3) is 0 Å². The van der Waals surface area contributed by atoms with Crippen LogP contribution in [0.3, 0.4) is 0 Å². The molecule has 4 aromatic heterocycles. The van der Waals surface area contributed by atoms with Gasteiger partial charge in [-0.1, -0.05) is 121 Å². The lowest BCUT2D eigenvalue weighted by atomic mass is 9.98. The average molecular weight is 694 g/mol. The summed E-state index contributed by atoms with van der Waals surface area (Å²) >= 11 is 2.85. The number of nitrogens with zero attached hydrogens (tertiary/aromatic N) is 3. The predicted molar refractivity (Wildman–Crippen MR) is 215 cm³/mol. The molecule has 0 fully saturated rings. The van der Waals surface area contributed by atoms with Crippen molar-refractivity contribution in [2.24, 2.45) is 0 Å². The lowest BCUT2D eigenvalue weighted by Crippen LogP contribution is -2.00. The van der Waals surface area contributed by atoms with Crippen LogP contribution < -0.4 is 0 Å². The minimum Gasteiger partial charge on any atom is -0.455 e. The van der Waals surface area contributed by atoms with Gasteiger partial charge in [0.1, 0.15) is 11.2 Å². The fourth-order valence-electron chi connectivity index (χ4n) is 6.95. The standard InChI is InChI=1S/C45H25N3OS2/c1-2-11-26(12-3-1)43-46-44(48-45(47-43)35-19-8-16-31-28-13-4-6-20-36(28)49-41(31)35)27-23-24-29-32-17-9-18-33(42(32)51-39(29)25-27)30-15-10-22-38-40(30)34-14-5-7-21-37(34)50-38/h1-25H/i9D,17D,18D,23D,24D,25D. The average Bonchev–Trinajstić information content (AvgIpc) is 3.95. The lowest BCUT2D eigenvalue weighted by Gasteiger charge is -2.09. The summed E-state index contributed by atoms with van der Waals surface area (Å²) in [4.78, 5) is 14.7. The van der Waals surface area contributed by atoms with Gasteiger partial charge >= 0.3 is 0 Å². The van der Waals surface area contributed by atoms with Crippen LogP contribution in [0.1, 0.15) is 8.22 Å². The van der Waals surface area contributed by atoms with Gasteiger partial charge in [0, 0.05) is 67.8 Å². The van der Waals surface area contributed by atoms with Crippen molar-refractivity contribution < 1.29 is 12.6 Å². The van der Waals surface area contributed by atoms with E-state index in [1.807, 2.05) is 109 Å². The van der Waals surface area contributed by atoms with Crippen molar-refractivity contribution in [1.29, 1.82) is 0 Å². The lowest BCUT2D eigenvalue weighted by molar-refractivity contribution is 0.669. The number of fused-ring (bicyclic) bond motifs is 9. The first-order valence-electron chi connectivity index (χ1n) is 19.4. The fraction of sp³-hybridized carbons (Fsp3) is 0. The molecule has 238 valence electrons. The molecule has 0 bridgehead atoms. The van der Waals surface area contributed by atoms with Crippen molar-refractivity contribution in [2.45, 2.75) is 0 Å². The molecule has 0 saturated heterocycles. The van der Waals surface area contributed by atoms with Crippen LogP contribution in [0.25, 0.3) is 108 Å². The van der Waals surface area contributed by atoms with Crippen molar-refractivity contribution in [1.82, 2.24) is 15.0 Å². The molecule has 0 aliphatic rings. The number of hydrogen-bond acceptors (Lipinski definition) is 6. The Kier molecular flexibility index (Phi) is 5.08. The maximum absolute atomic E-state index is 9.70. The Morgan fingerprint density at radius 1 is 0.471 bits per heavy atom. The molecular weight excluding hydrogens is 663 g/mol. The second-order valence-corrected chi connectivity index (χ2v) is 14.3. The van der Waals surface area contributed by atoms with E-state index in [0.29, 0.717) is 42.9 Å². The zero-order chi connectivity index (χ0) is 38.7. The summed E-state index contributed by atoms with van der Waals surface area (Å²) in [6.07, 6.45) is 0. The van der Waals surface area contributed by atoms with E-state index < -0.39 is 0 Å². The van der Waals surface area contributed by atoms with Gasteiger partial charge < -0.3 is 4.42 Å². The third kappa shape index (κ3) is 4.47. The van der Waals surface area contributed by atoms with Gasteiger partial charge in [-0.3, -0.25) is 0 Å². The highest BCUT2D eigenvalue weighted by atomic mass is 32.1. The topological polar surface area (TPSA) is 51.8 Å². The normalized spacial score (nSPS) is 13.6. The minimum absolute atomic E-state index is 0.0490. The maximum atomic E-state index is 9.70. The molecule has 0 aliphatic carbocycles. The molecule has 51 heavy (non-hydrogen) atoms. The molecule has 11 aromatic rings. The SMILES string of the molecule is [2H]c1c([2H])c([2H])c2c(sc3c([2H])c(-c4nc(-c5ccccc5)nc(-c5cccc6c5oc5ccccc56)n4)c([2H])c([2H])c32)c1-c1cccc2sc3ccccc3c12. The Hall–Kier alpha value is -6.21. The van der Waals surface area contributed by atoms with E-state index in [9.17, 15) is 5.48 Å². The van der Waals surface area contributed by atoms with Gasteiger partial charge in [0.2, 0.25) is 0 Å². The van der Waals surface area contributed by atoms with Crippen LogP contribution >= 0.6 is 22.7 Å². The maximum Gasteiger partial charge on any atom is 0.167 e. The molecule has 0 aliphatic heterocycles. The molecule has 0 atom stereocenters. The van der Waals surface area contributed by atoms with E-state index >= 15 is 0 Å². The van der Waals surface area contributed by atoms with Gasteiger partial charge in [-0.05, 0) is 35.9 Å². The number of benzene rings is 7. The molecule has 4 heterocycles. The molecule has 6 heteroatoms. The molecule has 0 unspecified atom stereocenters. The summed E-state index contributed by atoms with van der Waals surface area (Å²) in [5.41, 5.74) is 3.90. The monoisotopic (exact) mass is 693 g/mol. The van der Waals surface area contributed by atoms with Gasteiger partial charge in [-0.25, -0.2) is 15.0 Å². The summed E-state index contributed by atoms with van der Waals surface area (Å²) < 4.78 is 65.2. The van der Waals surface area contributed by atoms with Crippen LogP contribution in [0.5, 0.6) is 0 Å². The fourth-order valence-corrected chi connectivity index (χ4v) is 9.21. The van der Waals surface area contributed by atoms with Crippen LogP contribution in [-0.2, 0) is 0 Å². The van der Waals surface area contributed by atoms with Crippen LogP contribution in [0.4, 0.5) is 0 Å². The van der Waals surface area contributed by atoms with Crippen molar-refractivity contribution in [3.05, 3.63) is 152 Å². The first kappa shape index (κ1) is 23.2. The van der Waals surface area contributed by atoms with E-state index in [1.54, 1.807) is 11.3 Å². The third-order valence-electron chi connectivity index (χ3n) is 9.27. The summed E-state index contributed by atoms with van der Waals surface area (Å²) in [5, 5.41) is 4.35. The number of aromatic nitrogens is 3. The number of thiophene rings is 2. The Balaban J connectivity index is 1.21. The minimum atomic E-state index is -0.279. The smallest absolute Gasteiger partial charge is 0.167 e. The Bertz CT molecular complexity index is 3510. The van der Waals surface area contributed by atoms with Crippen LogP contribution in [-0.4, -0.2) is 15.0 Å². The van der Waals surface area contributed by atoms with Crippen molar-refractivity contribution >= 4 is 85.0 Å². The summed E-state index contributed by atoms with van der Waals surface area (Å²) in [5.74, 6) is 0.669. The number of hydrogen-bond donors (Lipinski definition) is 0. The van der Waals surface area contributed by atoms with Crippen molar-refractivity contribution in [2.75, 3.05) is 0 Å². The third-order valence-corrected chi connectivity index (χ3v) is 11.5. The van der Waals surface area contributed by atoms with Crippen molar-refractivity contribution in [3.63, 3.8) is 0 Å². The zero-order valence-electron chi connectivity index (χ0n) is 32.5. The molecule has 0 amide bonds. The molecule has 0 radical (unpaired) electrons. The van der Waals surface area contributed by atoms with E-state index in [0.717, 1.165) is 42.1 Å². The largest absolute Gasteiger partial charge is 0.455 e. The Morgan fingerprint density at radius 2 is 1.20 bits per heavy atom. The van der Waals surface area contributed by atoms with Crippen LogP contribution in [0.2, 0.25) is 0 Å². The second-order valence-electron chi connectivity index (χ2n) is 12.2. The molecule has 11 rings (SSSR count). The highest BCUT2D eigenvalue weighted by Crippen LogP contribution is 2.46. The molecule has 4 nitrogen and oxygen atoms in total. The zero-order valence-corrected chi connectivity index (χ0v) is 28.2. The second kappa shape index (κ2) is 11.2. The van der Waals surface area contributed by atoms with E-state index in [2.05, 4.69) is 6.07 Å². The first-order chi connectivity index (χ1) is 27.8. The van der Waals surface area contributed by atoms with Crippen molar-refractivity contribution in [3.8, 4) is 45.3 Å². The predicted octanol–water partition coefficient (Wildman–Crippen LogP) is 13.2. The number of rotatable bonds is 4. The molecule has 0 saturated carbocycles. The van der Waals surface area contributed by atoms with E-state index in [4.69, 9.17) is 22.1 Å². The molecule has 0 N–H and O–H groups in total. The Labute approximate surface area is 308 Å². The summed E-state index contributed by atoms with van der Waals surface area (Å²) in [6, 6.07) is 35.8. The van der Waals surface area contributed by atoms with Gasteiger partial charge in [-0.2, -0.15) is 0 Å². The summed E-state index contributed by atoms with van der Waals surface area (Å²) in [7, 11) is 0. The molecule has 0 spiro atoms. The first-order valence-corrected chi connectivity index (χ1v) is 18.0. The quantitative estimate of drug-likeness (QED) is 0.184. The Morgan fingerprint density at radius 3 is 2.12 bits per heavy atom. The highest BCUT2D eigenvalue weighted by Gasteiger charge is 2.19. The van der Waals surface area contributed by atoms with Gasteiger partial charge in [0.05, 0.1) is 13.8 Å². The number of para-hydroxylation sites is 2. The van der Waals surface area contributed by atoms with E-state index in [1.165, 1.54) is 11.3 Å².